The lowest BCUT2D eigenvalue weighted by atomic mass is 9.93. The summed E-state index contributed by atoms with van der Waals surface area (Å²) in [4.78, 5) is 0. The lowest BCUT2D eigenvalue weighted by Gasteiger charge is -2.10. The topological polar surface area (TPSA) is 0 Å². The maximum absolute atomic E-state index is 2.27. The highest BCUT2D eigenvalue weighted by molar-refractivity contribution is 6.14. The summed E-state index contributed by atoms with van der Waals surface area (Å²) in [5.41, 5.74) is 5.80. The molecular weight excluding hydrogens is 408 g/mol. The molecule has 0 spiro atoms. The Kier molecular flexibility index (Phi) is 4.38. The molecule has 0 heteroatoms. The van der Waals surface area contributed by atoms with Gasteiger partial charge in [-0.2, -0.15) is 0 Å². The van der Waals surface area contributed by atoms with E-state index in [9.17, 15) is 0 Å². The lowest BCUT2D eigenvalue weighted by molar-refractivity contribution is 1.35. The molecule has 0 heterocycles. The predicted molar refractivity (Wildman–Crippen MR) is 148 cm³/mol. The molecule has 0 saturated heterocycles. The molecule has 0 radical (unpaired) electrons. The maximum atomic E-state index is 2.27. The second kappa shape index (κ2) is 7.71. The van der Waals surface area contributed by atoms with Crippen molar-refractivity contribution in [3.05, 3.63) is 131 Å². The van der Waals surface area contributed by atoms with E-state index in [0.29, 0.717) is 0 Å². The Bertz CT molecular complexity index is 1660. The van der Waals surface area contributed by atoms with Crippen LogP contribution in [0.25, 0.3) is 55.2 Å². The van der Waals surface area contributed by atoms with Crippen molar-refractivity contribution < 1.29 is 0 Å². The Morgan fingerprint density at radius 3 is 1.00 bits per heavy atom. The zero-order chi connectivity index (χ0) is 22.5. The highest BCUT2D eigenvalue weighted by atomic mass is 14.2. The number of benzene rings is 6. The molecule has 2 aliphatic rings. The van der Waals surface area contributed by atoms with Gasteiger partial charge in [-0.25, -0.2) is 0 Å². The molecule has 34 heavy (non-hydrogen) atoms. The fraction of sp³-hybridized carbons (Fsp3) is 0.0588. The van der Waals surface area contributed by atoms with Crippen LogP contribution in [0.3, 0.4) is 0 Å². The van der Waals surface area contributed by atoms with Crippen LogP contribution >= 0.6 is 0 Å². The Labute approximate surface area is 199 Å². The van der Waals surface area contributed by atoms with Gasteiger partial charge in [0.15, 0.2) is 0 Å². The first-order valence-corrected chi connectivity index (χ1v) is 12.1. The molecule has 0 bridgehead atoms. The van der Waals surface area contributed by atoms with Crippen molar-refractivity contribution >= 4 is 55.2 Å². The van der Waals surface area contributed by atoms with Crippen molar-refractivity contribution in [2.75, 3.05) is 0 Å². The second-order valence-electron chi connectivity index (χ2n) is 9.18. The normalized spacial score (nSPS) is 13.4. The summed E-state index contributed by atoms with van der Waals surface area (Å²) >= 11 is 0. The van der Waals surface area contributed by atoms with E-state index in [0.717, 1.165) is 12.8 Å². The lowest BCUT2D eigenvalue weighted by Crippen LogP contribution is -1.88. The number of fused-ring (bicyclic) bond motifs is 12. The first-order valence-electron chi connectivity index (χ1n) is 12.1. The summed E-state index contributed by atoms with van der Waals surface area (Å²) in [6, 6.07) is 34.9. The fourth-order valence-corrected chi connectivity index (χ4v) is 5.89. The molecule has 0 amide bonds. The minimum Gasteiger partial charge on any atom is -0.0795 e. The van der Waals surface area contributed by atoms with Gasteiger partial charge >= 0.3 is 0 Å². The Balaban J connectivity index is 0.000000118. The molecule has 0 fully saturated rings. The predicted octanol–water partition coefficient (Wildman–Crippen LogP) is 9.12. The standard InChI is InChI=1S/2C17H12/c2*1-3-8-14-12(6-1)13-7-2-4-9-15(13)17-11-5-10-16(14)17/h2*1-10H,11H2. The van der Waals surface area contributed by atoms with E-state index < -0.39 is 0 Å². The first-order chi connectivity index (χ1) is 16.9. The van der Waals surface area contributed by atoms with Crippen molar-refractivity contribution in [3.8, 4) is 0 Å². The van der Waals surface area contributed by atoms with Crippen molar-refractivity contribution in [2.24, 2.45) is 0 Å². The van der Waals surface area contributed by atoms with Crippen LogP contribution in [-0.4, -0.2) is 0 Å². The van der Waals surface area contributed by atoms with Crippen LogP contribution < -0.4 is 0 Å². The first kappa shape index (κ1) is 19.3. The summed E-state index contributed by atoms with van der Waals surface area (Å²) in [6.07, 6.45) is 11.2. The van der Waals surface area contributed by atoms with E-state index in [4.69, 9.17) is 0 Å². The third-order valence-electron chi connectivity index (χ3n) is 7.38. The number of hydrogen-bond acceptors (Lipinski definition) is 0. The van der Waals surface area contributed by atoms with Crippen LogP contribution in [0, 0.1) is 0 Å². The zero-order valence-electron chi connectivity index (χ0n) is 19.0. The molecule has 8 rings (SSSR count). The maximum Gasteiger partial charge on any atom is -0.00818 e. The molecule has 0 N–H and O–H groups in total. The van der Waals surface area contributed by atoms with E-state index in [1.165, 1.54) is 65.3 Å². The number of rotatable bonds is 0. The molecule has 0 unspecified atom stereocenters. The van der Waals surface area contributed by atoms with Crippen LogP contribution in [0.4, 0.5) is 0 Å². The van der Waals surface area contributed by atoms with Gasteiger partial charge < -0.3 is 0 Å². The summed E-state index contributed by atoms with van der Waals surface area (Å²) < 4.78 is 0. The van der Waals surface area contributed by atoms with Crippen LogP contribution in [0.1, 0.15) is 22.3 Å². The van der Waals surface area contributed by atoms with E-state index in [1.54, 1.807) is 0 Å². The van der Waals surface area contributed by atoms with Gasteiger partial charge in [0.25, 0.3) is 0 Å². The van der Waals surface area contributed by atoms with Gasteiger partial charge in [0.05, 0.1) is 0 Å². The fourth-order valence-electron chi connectivity index (χ4n) is 5.89. The Morgan fingerprint density at radius 2 is 0.618 bits per heavy atom. The summed E-state index contributed by atoms with van der Waals surface area (Å²) in [5, 5.41) is 11.1. The zero-order valence-corrected chi connectivity index (χ0v) is 19.0. The number of hydrogen-bond donors (Lipinski definition) is 0. The molecule has 0 atom stereocenters. The van der Waals surface area contributed by atoms with Crippen molar-refractivity contribution in [2.45, 2.75) is 12.8 Å². The van der Waals surface area contributed by atoms with E-state index in [1.807, 2.05) is 0 Å². The molecule has 0 aliphatic heterocycles. The van der Waals surface area contributed by atoms with Gasteiger partial charge in [-0.15, -0.1) is 0 Å². The molecule has 2 aliphatic carbocycles. The van der Waals surface area contributed by atoms with Crippen LogP contribution in [0.5, 0.6) is 0 Å². The van der Waals surface area contributed by atoms with Crippen molar-refractivity contribution in [3.63, 3.8) is 0 Å². The minimum absolute atomic E-state index is 1.07. The third kappa shape index (κ3) is 2.85. The Morgan fingerprint density at radius 1 is 0.324 bits per heavy atom. The second-order valence-corrected chi connectivity index (χ2v) is 9.18. The van der Waals surface area contributed by atoms with Crippen LogP contribution in [0.15, 0.2) is 109 Å². The highest BCUT2D eigenvalue weighted by Crippen LogP contribution is 2.37. The van der Waals surface area contributed by atoms with Crippen molar-refractivity contribution in [1.29, 1.82) is 0 Å². The van der Waals surface area contributed by atoms with Gasteiger partial charge in [0.2, 0.25) is 0 Å². The molecule has 160 valence electrons. The van der Waals surface area contributed by atoms with Crippen LogP contribution in [-0.2, 0) is 12.8 Å². The summed E-state index contributed by atoms with van der Waals surface area (Å²) in [6.45, 7) is 0. The molecule has 6 aromatic carbocycles. The monoisotopic (exact) mass is 432 g/mol. The van der Waals surface area contributed by atoms with Gasteiger partial charge in [0.1, 0.15) is 0 Å². The summed E-state index contributed by atoms with van der Waals surface area (Å²) in [7, 11) is 0. The molecule has 0 nitrogen and oxygen atoms in total. The quantitative estimate of drug-likeness (QED) is 0.210. The number of allylic oxidation sites excluding steroid dienone is 2. The van der Waals surface area contributed by atoms with Gasteiger partial charge in [0, 0.05) is 0 Å². The molecule has 0 saturated carbocycles. The average molecular weight is 433 g/mol. The van der Waals surface area contributed by atoms with E-state index in [2.05, 4.69) is 121 Å². The van der Waals surface area contributed by atoms with Crippen molar-refractivity contribution in [1.82, 2.24) is 0 Å². The highest BCUT2D eigenvalue weighted by Gasteiger charge is 2.15. The van der Waals surface area contributed by atoms with Gasteiger partial charge in [-0.05, 0) is 78.2 Å². The van der Waals surface area contributed by atoms with E-state index >= 15 is 0 Å². The SMILES string of the molecule is C1=Cc2c(c3ccccc3c3ccccc23)C1.C1=Cc2c(c3ccccc3c3ccccc23)C1. The third-order valence-corrected chi connectivity index (χ3v) is 7.38. The Hall–Kier alpha value is -4.16. The van der Waals surface area contributed by atoms with Gasteiger partial charge in [-0.1, -0.05) is 121 Å². The average Bonchev–Trinajstić information content (AvgIpc) is 3.60. The molecule has 0 aromatic heterocycles. The summed E-state index contributed by atoms with van der Waals surface area (Å²) in [5.74, 6) is 0. The van der Waals surface area contributed by atoms with E-state index in [-0.39, 0.29) is 0 Å². The molecular formula is C34H24. The smallest absolute Gasteiger partial charge is 0.00818 e. The molecule has 6 aromatic rings. The minimum atomic E-state index is 1.07. The van der Waals surface area contributed by atoms with Gasteiger partial charge in [-0.3, -0.25) is 0 Å². The largest absolute Gasteiger partial charge is 0.0795 e. The van der Waals surface area contributed by atoms with Crippen LogP contribution in [0.2, 0.25) is 0 Å².